The molecule has 6 heteroatoms. The molecule has 0 saturated carbocycles. The van der Waals surface area contributed by atoms with Gasteiger partial charge in [-0.3, -0.25) is 14.6 Å². The van der Waals surface area contributed by atoms with Gasteiger partial charge in [0.15, 0.2) is 0 Å². The quantitative estimate of drug-likeness (QED) is 0.834. The fourth-order valence-corrected chi connectivity index (χ4v) is 3.26. The van der Waals surface area contributed by atoms with Crippen LogP contribution in [0.25, 0.3) is 0 Å². The van der Waals surface area contributed by atoms with E-state index in [1.807, 2.05) is 35.2 Å². The Bertz CT molecular complexity index is 512. The molecule has 3 rings (SSSR count). The van der Waals surface area contributed by atoms with Gasteiger partial charge in [0.05, 0.1) is 25.9 Å². The average molecular weight is 333 g/mol. The molecule has 0 bridgehead atoms. The molecule has 24 heavy (non-hydrogen) atoms. The van der Waals surface area contributed by atoms with Crippen molar-refractivity contribution in [2.45, 2.75) is 6.10 Å². The molecular weight excluding hydrogens is 306 g/mol. The van der Waals surface area contributed by atoms with Crippen molar-refractivity contribution in [1.29, 1.82) is 0 Å². The van der Waals surface area contributed by atoms with Crippen molar-refractivity contribution >= 4 is 5.91 Å². The van der Waals surface area contributed by atoms with E-state index in [0.717, 1.165) is 31.7 Å². The molecule has 0 radical (unpaired) electrons. The SMILES string of the molecule is O=C(CN1CCN(CC(O)c2ccccc2)CC1)N1CCOCC1. The Kier molecular flexibility index (Phi) is 6.20. The van der Waals surface area contributed by atoms with Crippen molar-refractivity contribution in [3.63, 3.8) is 0 Å². The Balaban J connectivity index is 1.40. The van der Waals surface area contributed by atoms with E-state index >= 15 is 0 Å². The molecule has 1 atom stereocenters. The van der Waals surface area contributed by atoms with Crippen LogP contribution < -0.4 is 0 Å². The number of hydrogen-bond acceptors (Lipinski definition) is 5. The molecule has 2 heterocycles. The third-order valence-electron chi connectivity index (χ3n) is 4.80. The molecule has 1 amide bonds. The second-order valence-corrected chi connectivity index (χ2v) is 6.50. The molecule has 2 saturated heterocycles. The Morgan fingerprint density at radius 1 is 1.00 bits per heavy atom. The molecule has 0 spiro atoms. The molecular formula is C18H27N3O3. The minimum Gasteiger partial charge on any atom is -0.387 e. The molecule has 6 nitrogen and oxygen atoms in total. The number of ether oxygens (including phenoxy) is 1. The summed E-state index contributed by atoms with van der Waals surface area (Å²) >= 11 is 0. The lowest BCUT2D eigenvalue weighted by Gasteiger charge is -2.36. The van der Waals surface area contributed by atoms with E-state index in [1.54, 1.807) is 0 Å². The fourth-order valence-electron chi connectivity index (χ4n) is 3.26. The van der Waals surface area contributed by atoms with E-state index in [0.29, 0.717) is 39.4 Å². The maximum absolute atomic E-state index is 12.3. The van der Waals surface area contributed by atoms with Crippen molar-refractivity contribution in [3.05, 3.63) is 35.9 Å². The molecule has 2 aliphatic rings. The summed E-state index contributed by atoms with van der Waals surface area (Å²) in [5.41, 5.74) is 0.961. The van der Waals surface area contributed by atoms with Crippen LogP contribution in [-0.4, -0.2) is 91.3 Å². The number of aliphatic hydroxyl groups excluding tert-OH is 1. The van der Waals surface area contributed by atoms with Crippen molar-refractivity contribution in [3.8, 4) is 0 Å². The Labute approximate surface area is 143 Å². The number of morpholine rings is 1. The predicted molar refractivity (Wildman–Crippen MR) is 91.7 cm³/mol. The summed E-state index contributed by atoms with van der Waals surface area (Å²) in [6.07, 6.45) is -0.451. The van der Waals surface area contributed by atoms with Gasteiger partial charge in [-0.15, -0.1) is 0 Å². The first kappa shape index (κ1) is 17.4. The summed E-state index contributed by atoms with van der Waals surface area (Å²) in [7, 11) is 0. The summed E-state index contributed by atoms with van der Waals surface area (Å²) in [6, 6.07) is 9.78. The van der Waals surface area contributed by atoms with Gasteiger partial charge < -0.3 is 14.7 Å². The lowest BCUT2D eigenvalue weighted by Crippen LogP contribution is -2.52. The van der Waals surface area contributed by atoms with E-state index in [4.69, 9.17) is 4.74 Å². The Hall–Kier alpha value is -1.47. The number of nitrogens with zero attached hydrogens (tertiary/aromatic N) is 3. The van der Waals surface area contributed by atoms with Crippen molar-refractivity contribution in [2.75, 3.05) is 65.6 Å². The monoisotopic (exact) mass is 333 g/mol. The van der Waals surface area contributed by atoms with Crippen molar-refractivity contribution in [1.82, 2.24) is 14.7 Å². The van der Waals surface area contributed by atoms with Crippen LogP contribution in [-0.2, 0) is 9.53 Å². The summed E-state index contributed by atoms with van der Waals surface area (Å²) in [6.45, 7) is 7.39. The third-order valence-corrected chi connectivity index (χ3v) is 4.80. The van der Waals surface area contributed by atoms with Crippen LogP contribution in [0.15, 0.2) is 30.3 Å². The number of amides is 1. The minimum absolute atomic E-state index is 0.205. The largest absolute Gasteiger partial charge is 0.387 e. The highest BCUT2D eigenvalue weighted by Crippen LogP contribution is 2.15. The highest BCUT2D eigenvalue weighted by molar-refractivity contribution is 5.78. The van der Waals surface area contributed by atoms with Crippen LogP contribution >= 0.6 is 0 Å². The number of benzene rings is 1. The second-order valence-electron chi connectivity index (χ2n) is 6.50. The maximum atomic E-state index is 12.3. The van der Waals surface area contributed by atoms with Gasteiger partial charge >= 0.3 is 0 Å². The predicted octanol–water partition coefficient (Wildman–Crippen LogP) is 0.196. The van der Waals surface area contributed by atoms with Crippen molar-refractivity contribution < 1.29 is 14.6 Å². The van der Waals surface area contributed by atoms with Gasteiger partial charge in [-0.05, 0) is 5.56 Å². The number of carbonyl (C=O) groups is 1. The fraction of sp³-hybridized carbons (Fsp3) is 0.611. The van der Waals surface area contributed by atoms with Crippen molar-refractivity contribution in [2.24, 2.45) is 0 Å². The third kappa shape index (κ3) is 4.77. The molecule has 2 aliphatic heterocycles. The Morgan fingerprint density at radius 3 is 2.29 bits per heavy atom. The zero-order chi connectivity index (χ0) is 16.8. The molecule has 132 valence electrons. The first-order valence-electron chi connectivity index (χ1n) is 8.75. The van der Waals surface area contributed by atoms with Gasteiger partial charge in [0.2, 0.25) is 5.91 Å². The first-order valence-corrected chi connectivity index (χ1v) is 8.75. The number of β-amino-alcohol motifs (C(OH)–C–C–N with tert-alkyl or cyclic N) is 1. The summed E-state index contributed by atoms with van der Waals surface area (Å²) in [5, 5.41) is 10.3. The van der Waals surface area contributed by atoms with E-state index in [2.05, 4.69) is 9.80 Å². The van der Waals surface area contributed by atoms with Gasteiger partial charge in [-0.2, -0.15) is 0 Å². The number of carbonyl (C=O) groups excluding carboxylic acids is 1. The van der Waals surface area contributed by atoms with E-state index in [-0.39, 0.29) is 5.91 Å². The molecule has 0 aromatic heterocycles. The van der Waals surface area contributed by atoms with Crippen LogP contribution in [0, 0.1) is 0 Å². The molecule has 1 N–H and O–H groups in total. The summed E-state index contributed by atoms with van der Waals surface area (Å²) in [5.74, 6) is 0.205. The van der Waals surface area contributed by atoms with Crippen LogP contribution in [0.2, 0.25) is 0 Å². The minimum atomic E-state index is -0.451. The van der Waals surface area contributed by atoms with Gasteiger partial charge in [0, 0.05) is 45.8 Å². The normalized spacial score (nSPS) is 21.6. The van der Waals surface area contributed by atoms with Crippen LogP contribution in [0.5, 0.6) is 0 Å². The van der Waals surface area contributed by atoms with Gasteiger partial charge in [0.1, 0.15) is 0 Å². The van der Waals surface area contributed by atoms with Gasteiger partial charge in [0.25, 0.3) is 0 Å². The molecule has 1 aromatic carbocycles. The highest BCUT2D eigenvalue weighted by atomic mass is 16.5. The van der Waals surface area contributed by atoms with Crippen LogP contribution in [0.1, 0.15) is 11.7 Å². The summed E-state index contributed by atoms with van der Waals surface area (Å²) < 4.78 is 5.29. The second kappa shape index (κ2) is 8.58. The van der Waals surface area contributed by atoms with E-state index in [1.165, 1.54) is 0 Å². The van der Waals surface area contributed by atoms with Gasteiger partial charge in [-0.25, -0.2) is 0 Å². The number of hydrogen-bond donors (Lipinski definition) is 1. The number of piperazine rings is 1. The standard InChI is InChI=1S/C18H27N3O3/c22-17(16-4-2-1-3-5-16)14-19-6-8-20(9-7-19)15-18(23)21-10-12-24-13-11-21/h1-5,17,22H,6-15H2. The lowest BCUT2D eigenvalue weighted by molar-refractivity contribution is -0.136. The molecule has 1 aromatic rings. The lowest BCUT2D eigenvalue weighted by atomic mass is 10.1. The smallest absolute Gasteiger partial charge is 0.236 e. The van der Waals surface area contributed by atoms with Gasteiger partial charge in [-0.1, -0.05) is 30.3 Å². The zero-order valence-electron chi connectivity index (χ0n) is 14.1. The molecule has 2 fully saturated rings. The van der Waals surface area contributed by atoms with Crippen LogP contribution in [0.4, 0.5) is 0 Å². The average Bonchev–Trinajstić information content (AvgIpc) is 2.65. The van der Waals surface area contributed by atoms with E-state index in [9.17, 15) is 9.90 Å². The highest BCUT2D eigenvalue weighted by Gasteiger charge is 2.24. The summed E-state index contributed by atoms with van der Waals surface area (Å²) in [4.78, 5) is 18.7. The molecule has 1 unspecified atom stereocenters. The topological polar surface area (TPSA) is 56.2 Å². The zero-order valence-corrected chi connectivity index (χ0v) is 14.1. The maximum Gasteiger partial charge on any atom is 0.236 e. The number of rotatable bonds is 5. The molecule has 0 aliphatic carbocycles. The van der Waals surface area contributed by atoms with E-state index < -0.39 is 6.10 Å². The number of aliphatic hydroxyl groups is 1. The Morgan fingerprint density at radius 2 is 1.62 bits per heavy atom. The first-order chi connectivity index (χ1) is 11.7. The van der Waals surface area contributed by atoms with Crippen LogP contribution in [0.3, 0.4) is 0 Å².